The first-order chi connectivity index (χ1) is 9.10. The lowest BCUT2D eigenvalue weighted by atomic mass is 10.0. The van der Waals surface area contributed by atoms with Gasteiger partial charge >= 0.3 is 0 Å². The Labute approximate surface area is 113 Å². The highest BCUT2D eigenvalue weighted by atomic mass is 16.5. The van der Waals surface area contributed by atoms with Crippen molar-refractivity contribution >= 4 is 11.6 Å². The molecule has 2 atom stereocenters. The number of aryl methyl sites for hydroxylation is 1. The Bertz CT molecular complexity index is 462. The number of nitrogens with one attached hydrogen (secondary N) is 2. The average Bonchev–Trinajstić information content (AvgIpc) is 2.38. The minimum absolute atomic E-state index is 0.0363. The fourth-order valence-corrected chi connectivity index (χ4v) is 2.36. The Morgan fingerprint density at radius 3 is 2.89 bits per heavy atom. The standard InChI is InChI=1S/C14H21N3O2/c1-9-7-11(3-4-13(9)17-15)14(18)16-12-5-6-19-10(2)8-12/h3-4,7,10,12,17H,5-6,8,15H2,1-2H3,(H,16,18). The SMILES string of the molecule is Cc1cc(C(=O)NC2CCOC(C)C2)ccc1NN. The predicted molar refractivity (Wildman–Crippen MR) is 74.9 cm³/mol. The molecular formula is C14H21N3O2. The molecule has 1 saturated heterocycles. The Balaban J connectivity index is 2.01. The third-order valence-corrected chi connectivity index (χ3v) is 3.46. The summed E-state index contributed by atoms with van der Waals surface area (Å²) in [5.74, 6) is 5.34. The number of amides is 1. The van der Waals surface area contributed by atoms with E-state index in [4.69, 9.17) is 10.6 Å². The summed E-state index contributed by atoms with van der Waals surface area (Å²) in [6.07, 6.45) is 1.95. The highest BCUT2D eigenvalue weighted by Gasteiger charge is 2.21. The van der Waals surface area contributed by atoms with E-state index in [1.807, 2.05) is 26.0 Å². The molecule has 4 N–H and O–H groups in total. The number of hydrogen-bond donors (Lipinski definition) is 3. The van der Waals surface area contributed by atoms with E-state index in [0.29, 0.717) is 12.2 Å². The molecule has 0 radical (unpaired) electrons. The number of anilines is 1. The molecule has 1 aliphatic rings. The number of nitrogen functional groups attached to an aromatic ring is 1. The van der Waals surface area contributed by atoms with E-state index in [0.717, 1.165) is 24.1 Å². The second kappa shape index (κ2) is 6.04. The van der Waals surface area contributed by atoms with Crippen molar-refractivity contribution in [2.75, 3.05) is 12.0 Å². The highest BCUT2D eigenvalue weighted by Crippen LogP contribution is 2.17. The van der Waals surface area contributed by atoms with Gasteiger partial charge in [0.1, 0.15) is 0 Å². The molecule has 1 aromatic rings. The van der Waals surface area contributed by atoms with Gasteiger partial charge in [-0.05, 0) is 50.5 Å². The maximum absolute atomic E-state index is 12.2. The van der Waals surface area contributed by atoms with Crippen molar-refractivity contribution < 1.29 is 9.53 Å². The van der Waals surface area contributed by atoms with Crippen LogP contribution in [0.3, 0.4) is 0 Å². The summed E-state index contributed by atoms with van der Waals surface area (Å²) in [6.45, 7) is 4.66. The van der Waals surface area contributed by atoms with Crippen LogP contribution in [0.2, 0.25) is 0 Å². The molecule has 5 heteroatoms. The van der Waals surface area contributed by atoms with Crippen molar-refractivity contribution in [2.24, 2.45) is 5.84 Å². The van der Waals surface area contributed by atoms with Crippen LogP contribution in [-0.4, -0.2) is 24.7 Å². The molecule has 0 aliphatic carbocycles. The molecule has 0 bridgehead atoms. The highest BCUT2D eigenvalue weighted by molar-refractivity contribution is 5.95. The molecule has 104 valence electrons. The fraction of sp³-hybridized carbons (Fsp3) is 0.500. The Kier molecular flexibility index (Phi) is 4.39. The van der Waals surface area contributed by atoms with E-state index in [1.54, 1.807) is 6.07 Å². The topological polar surface area (TPSA) is 76.4 Å². The lowest BCUT2D eigenvalue weighted by molar-refractivity contribution is 0.0136. The lowest BCUT2D eigenvalue weighted by Crippen LogP contribution is -2.41. The van der Waals surface area contributed by atoms with Gasteiger partial charge in [0.2, 0.25) is 0 Å². The van der Waals surface area contributed by atoms with Gasteiger partial charge in [-0.3, -0.25) is 10.6 Å². The van der Waals surface area contributed by atoms with Gasteiger partial charge in [0.25, 0.3) is 5.91 Å². The normalized spacial score (nSPS) is 22.9. The van der Waals surface area contributed by atoms with Crippen molar-refractivity contribution in [3.63, 3.8) is 0 Å². The third-order valence-electron chi connectivity index (χ3n) is 3.46. The Hall–Kier alpha value is -1.59. The molecule has 2 rings (SSSR count). The molecule has 1 aromatic carbocycles. The molecule has 1 fully saturated rings. The van der Waals surface area contributed by atoms with E-state index in [9.17, 15) is 4.79 Å². The zero-order valence-electron chi connectivity index (χ0n) is 11.4. The van der Waals surface area contributed by atoms with Crippen LogP contribution in [0.25, 0.3) is 0 Å². The first-order valence-electron chi connectivity index (χ1n) is 6.60. The Morgan fingerprint density at radius 2 is 2.26 bits per heavy atom. The van der Waals surface area contributed by atoms with Crippen LogP contribution in [0.1, 0.15) is 35.7 Å². The number of hydrazine groups is 1. The summed E-state index contributed by atoms with van der Waals surface area (Å²) >= 11 is 0. The molecule has 5 nitrogen and oxygen atoms in total. The summed E-state index contributed by atoms with van der Waals surface area (Å²) < 4.78 is 5.47. The molecule has 1 heterocycles. The van der Waals surface area contributed by atoms with Crippen molar-refractivity contribution in [3.8, 4) is 0 Å². The number of hydrogen-bond acceptors (Lipinski definition) is 4. The van der Waals surface area contributed by atoms with E-state index >= 15 is 0 Å². The van der Waals surface area contributed by atoms with Crippen molar-refractivity contribution in [1.29, 1.82) is 0 Å². The van der Waals surface area contributed by atoms with Crippen molar-refractivity contribution in [2.45, 2.75) is 38.8 Å². The van der Waals surface area contributed by atoms with Crippen LogP contribution >= 0.6 is 0 Å². The minimum Gasteiger partial charge on any atom is -0.378 e. The van der Waals surface area contributed by atoms with Gasteiger partial charge in [-0.25, -0.2) is 0 Å². The number of carbonyl (C=O) groups is 1. The molecule has 1 amide bonds. The molecule has 0 spiro atoms. The summed E-state index contributed by atoms with van der Waals surface area (Å²) in [7, 11) is 0. The average molecular weight is 263 g/mol. The van der Waals surface area contributed by atoms with Gasteiger partial charge in [0.15, 0.2) is 0 Å². The number of carbonyl (C=O) groups excluding carboxylic acids is 1. The molecule has 0 saturated carbocycles. The first-order valence-corrected chi connectivity index (χ1v) is 6.60. The Morgan fingerprint density at radius 1 is 1.47 bits per heavy atom. The number of benzene rings is 1. The van der Waals surface area contributed by atoms with Crippen LogP contribution in [0.4, 0.5) is 5.69 Å². The van der Waals surface area contributed by atoms with Gasteiger partial charge in [-0.2, -0.15) is 0 Å². The number of nitrogens with two attached hydrogens (primary N) is 1. The maximum atomic E-state index is 12.2. The minimum atomic E-state index is -0.0363. The predicted octanol–water partition coefficient (Wildman–Crippen LogP) is 1.58. The monoisotopic (exact) mass is 263 g/mol. The second-order valence-electron chi connectivity index (χ2n) is 5.05. The largest absolute Gasteiger partial charge is 0.378 e. The lowest BCUT2D eigenvalue weighted by Gasteiger charge is -2.28. The molecular weight excluding hydrogens is 242 g/mol. The first kappa shape index (κ1) is 13.8. The van der Waals surface area contributed by atoms with E-state index in [-0.39, 0.29) is 18.1 Å². The van der Waals surface area contributed by atoms with Gasteiger partial charge in [-0.15, -0.1) is 0 Å². The van der Waals surface area contributed by atoms with Gasteiger partial charge in [0.05, 0.1) is 11.8 Å². The van der Waals surface area contributed by atoms with Crippen LogP contribution < -0.4 is 16.6 Å². The van der Waals surface area contributed by atoms with Crippen LogP contribution in [-0.2, 0) is 4.74 Å². The summed E-state index contributed by atoms with van der Waals surface area (Å²) in [6, 6.07) is 5.63. The van der Waals surface area contributed by atoms with Crippen molar-refractivity contribution in [1.82, 2.24) is 5.32 Å². The smallest absolute Gasteiger partial charge is 0.251 e. The second-order valence-corrected chi connectivity index (χ2v) is 5.05. The zero-order valence-corrected chi connectivity index (χ0v) is 11.4. The quantitative estimate of drug-likeness (QED) is 0.571. The van der Waals surface area contributed by atoms with Crippen LogP contribution in [0.15, 0.2) is 18.2 Å². The summed E-state index contributed by atoms with van der Waals surface area (Å²) in [4.78, 5) is 12.2. The van der Waals surface area contributed by atoms with E-state index in [1.165, 1.54) is 0 Å². The molecule has 2 unspecified atom stereocenters. The maximum Gasteiger partial charge on any atom is 0.251 e. The number of rotatable bonds is 3. The van der Waals surface area contributed by atoms with Gasteiger partial charge in [-0.1, -0.05) is 0 Å². The molecule has 1 aliphatic heterocycles. The van der Waals surface area contributed by atoms with Crippen LogP contribution in [0.5, 0.6) is 0 Å². The zero-order chi connectivity index (χ0) is 13.8. The fourth-order valence-electron chi connectivity index (χ4n) is 2.36. The third kappa shape index (κ3) is 3.45. The molecule has 19 heavy (non-hydrogen) atoms. The van der Waals surface area contributed by atoms with E-state index < -0.39 is 0 Å². The van der Waals surface area contributed by atoms with Crippen molar-refractivity contribution in [3.05, 3.63) is 29.3 Å². The van der Waals surface area contributed by atoms with Gasteiger partial charge in [0, 0.05) is 18.2 Å². The van der Waals surface area contributed by atoms with E-state index in [2.05, 4.69) is 10.7 Å². The summed E-state index contributed by atoms with van der Waals surface area (Å²) in [5.41, 5.74) is 5.05. The number of ether oxygens (including phenoxy) is 1. The van der Waals surface area contributed by atoms with Crippen LogP contribution in [0, 0.1) is 6.92 Å². The summed E-state index contributed by atoms with van der Waals surface area (Å²) in [5, 5.41) is 3.06. The van der Waals surface area contributed by atoms with Gasteiger partial charge < -0.3 is 15.5 Å². The molecule has 0 aromatic heterocycles.